The third kappa shape index (κ3) is 2.43. The average Bonchev–Trinajstić information content (AvgIpc) is 2.76. The smallest absolute Gasteiger partial charge is 0.416 e. The standard InChI is InChI=1S/C15H9BrF4O2/c1-14(21-12-4-2-3-10(16)13(12)22-14)9-6-5-8(7-11(9)17)15(18,19)20/h2-7H,1H3. The summed E-state index contributed by atoms with van der Waals surface area (Å²) in [6.07, 6.45) is -4.61. The predicted octanol–water partition coefficient (Wildman–Crippen LogP) is 5.25. The van der Waals surface area contributed by atoms with Gasteiger partial charge in [-0.15, -0.1) is 0 Å². The van der Waals surface area contributed by atoms with Gasteiger partial charge < -0.3 is 9.47 Å². The third-order valence-electron chi connectivity index (χ3n) is 3.32. The first-order chi connectivity index (χ1) is 10.2. The monoisotopic (exact) mass is 376 g/mol. The number of hydrogen-bond acceptors (Lipinski definition) is 2. The van der Waals surface area contributed by atoms with Crippen molar-refractivity contribution in [3.05, 3.63) is 57.8 Å². The summed E-state index contributed by atoms with van der Waals surface area (Å²) in [6, 6.07) is 7.32. The van der Waals surface area contributed by atoms with Gasteiger partial charge in [0.1, 0.15) is 5.82 Å². The fraction of sp³-hybridized carbons (Fsp3) is 0.200. The summed E-state index contributed by atoms with van der Waals surface area (Å²) in [5, 5.41) is 0. The maximum atomic E-state index is 14.1. The number of rotatable bonds is 1. The van der Waals surface area contributed by atoms with Crippen LogP contribution in [0.3, 0.4) is 0 Å². The quantitative estimate of drug-likeness (QED) is 0.632. The van der Waals surface area contributed by atoms with Crippen LogP contribution in [0.2, 0.25) is 0 Å². The van der Waals surface area contributed by atoms with Crippen molar-refractivity contribution in [3.8, 4) is 11.5 Å². The van der Waals surface area contributed by atoms with E-state index in [-0.39, 0.29) is 5.56 Å². The SMILES string of the molecule is CC1(c2ccc(C(F)(F)F)cc2F)Oc2cccc(Br)c2O1. The first-order valence-corrected chi connectivity index (χ1v) is 7.04. The first-order valence-electron chi connectivity index (χ1n) is 6.24. The molecule has 0 aromatic heterocycles. The highest BCUT2D eigenvalue weighted by atomic mass is 79.9. The summed E-state index contributed by atoms with van der Waals surface area (Å²) >= 11 is 3.28. The highest BCUT2D eigenvalue weighted by Crippen LogP contribution is 2.48. The number of benzene rings is 2. The van der Waals surface area contributed by atoms with Gasteiger partial charge in [-0.1, -0.05) is 6.07 Å². The topological polar surface area (TPSA) is 18.5 Å². The molecule has 116 valence electrons. The molecule has 0 N–H and O–H groups in total. The van der Waals surface area contributed by atoms with Crippen LogP contribution in [0, 0.1) is 5.82 Å². The molecular weight excluding hydrogens is 368 g/mol. The maximum absolute atomic E-state index is 14.1. The van der Waals surface area contributed by atoms with E-state index in [2.05, 4.69) is 15.9 Å². The fourth-order valence-electron chi connectivity index (χ4n) is 2.26. The van der Waals surface area contributed by atoms with Crippen molar-refractivity contribution in [3.63, 3.8) is 0 Å². The number of hydrogen-bond donors (Lipinski definition) is 0. The summed E-state index contributed by atoms with van der Waals surface area (Å²) in [7, 11) is 0. The Morgan fingerprint density at radius 3 is 2.41 bits per heavy atom. The largest absolute Gasteiger partial charge is 0.444 e. The molecule has 22 heavy (non-hydrogen) atoms. The van der Waals surface area contributed by atoms with Gasteiger partial charge in [-0.3, -0.25) is 0 Å². The maximum Gasteiger partial charge on any atom is 0.416 e. The Morgan fingerprint density at radius 2 is 1.82 bits per heavy atom. The van der Waals surface area contributed by atoms with Crippen molar-refractivity contribution < 1.29 is 27.0 Å². The Balaban J connectivity index is 2.01. The summed E-state index contributed by atoms with van der Waals surface area (Å²) in [6.45, 7) is 1.45. The Labute approximate surface area is 131 Å². The van der Waals surface area contributed by atoms with E-state index in [1.54, 1.807) is 18.2 Å². The van der Waals surface area contributed by atoms with Gasteiger partial charge in [0.25, 0.3) is 5.79 Å². The summed E-state index contributed by atoms with van der Waals surface area (Å²) in [5.74, 6) is -1.80. The second-order valence-electron chi connectivity index (χ2n) is 4.91. The second-order valence-corrected chi connectivity index (χ2v) is 5.76. The van der Waals surface area contributed by atoms with Gasteiger partial charge in [-0.05, 0) is 46.3 Å². The van der Waals surface area contributed by atoms with Crippen LogP contribution in [0.15, 0.2) is 40.9 Å². The minimum Gasteiger partial charge on any atom is -0.444 e. The van der Waals surface area contributed by atoms with Gasteiger partial charge in [-0.2, -0.15) is 13.2 Å². The number of fused-ring (bicyclic) bond motifs is 1. The highest BCUT2D eigenvalue weighted by molar-refractivity contribution is 9.10. The average molecular weight is 377 g/mol. The number of halogens is 5. The molecule has 0 fully saturated rings. The Hall–Kier alpha value is -1.76. The predicted molar refractivity (Wildman–Crippen MR) is 74.2 cm³/mol. The normalized spacial score (nSPS) is 20.3. The molecule has 7 heteroatoms. The van der Waals surface area contributed by atoms with Crippen molar-refractivity contribution in [1.29, 1.82) is 0 Å². The highest BCUT2D eigenvalue weighted by Gasteiger charge is 2.42. The lowest BCUT2D eigenvalue weighted by Crippen LogP contribution is -2.33. The van der Waals surface area contributed by atoms with Crippen molar-refractivity contribution >= 4 is 15.9 Å². The minimum atomic E-state index is -4.61. The summed E-state index contributed by atoms with van der Waals surface area (Å²) in [4.78, 5) is 0. The Morgan fingerprint density at radius 1 is 1.09 bits per heavy atom. The van der Waals surface area contributed by atoms with Crippen LogP contribution < -0.4 is 9.47 Å². The second kappa shape index (κ2) is 4.87. The lowest BCUT2D eigenvalue weighted by molar-refractivity contribution is -0.138. The molecule has 1 aliphatic rings. The van der Waals surface area contributed by atoms with E-state index in [0.29, 0.717) is 22.0 Å². The molecule has 0 aliphatic carbocycles. The minimum absolute atomic E-state index is 0.108. The molecule has 0 spiro atoms. The van der Waals surface area contributed by atoms with E-state index in [1.807, 2.05) is 0 Å². The lowest BCUT2D eigenvalue weighted by atomic mass is 10.0. The van der Waals surface area contributed by atoms with E-state index in [4.69, 9.17) is 9.47 Å². The van der Waals surface area contributed by atoms with E-state index < -0.39 is 23.3 Å². The van der Waals surface area contributed by atoms with Crippen LogP contribution >= 0.6 is 15.9 Å². The Bertz CT molecular complexity index is 745. The van der Waals surface area contributed by atoms with Crippen molar-refractivity contribution in [2.75, 3.05) is 0 Å². The van der Waals surface area contributed by atoms with Gasteiger partial charge in [-0.25, -0.2) is 4.39 Å². The van der Waals surface area contributed by atoms with Crippen LogP contribution in [-0.2, 0) is 12.0 Å². The molecule has 1 unspecified atom stereocenters. The zero-order valence-corrected chi connectivity index (χ0v) is 12.8. The Kier molecular flexibility index (Phi) is 3.36. The molecule has 0 amide bonds. The van der Waals surface area contributed by atoms with Crippen LogP contribution in [0.1, 0.15) is 18.1 Å². The molecule has 3 rings (SSSR count). The van der Waals surface area contributed by atoms with E-state index in [0.717, 1.165) is 12.1 Å². The van der Waals surface area contributed by atoms with Gasteiger partial charge >= 0.3 is 6.18 Å². The van der Waals surface area contributed by atoms with Crippen molar-refractivity contribution in [2.24, 2.45) is 0 Å². The summed E-state index contributed by atoms with van der Waals surface area (Å²) in [5.41, 5.74) is -1.17. The van der Waals surface area contributed by atoms with E-state index in [9.17, 15) is 17.6 Å². The molecule has 1 heterocycles. The van der Waals surface area contributed by atoms with Crippen molar-refractivity contribution in [2.45, 2.75) is 18.9 Å². The molecule has 0 bridgehead atoms. The first kappa shape index (κ1) is 15.1. The number of ether oxygens (including phenoxy) is 2. The van der Waals surface area contributed by atoms with Crippen LogP contribution in [0.25, 0.3) is 0 Å². The van der Waals surface area contributed by atoms with Crippen molar-refractivity contribution in [1.82, 2.24) is 0 Å². The fourth-order valence-corrected chi connectivity index (χ4v) is 2.69. The molecule has 1 aliphatic heterocycles. The summed E-state index contributed by atoms with van der Waals surface area (Å²) < 4.78 is 63.8. The van der Waals surface area contributed by atoms with Gasteiger partial charge in [0.05, 0.1) is 15.6 Å². The molecule has 2 aromatic carbocycles. The molecule has 2 aromatic rings. The van der Waals surface area contributed by atoms with Crippen LogP contribution in [0.5, 0.6) is 11.5 Å². The molecule has 0 radical (unpaired) electrons. The number of alkyl halides is 3. The van der Waals surface area contributed by atoms with Gasteiger partial charge in [0, 0.05) is 6.92 Å². The molecule has 0 saturated carbocycles. The molecule has 0 saturated heterocycles. The van der Waals surface area contributed by atoms with Crippen LogP contribution in [0.4, 0.5) is 17.6 Å². The molecule has 2 nitrogen and oxygen atoms in total. The zero-order valence-electron chi connectivity index (χ0n) is 11.2. The van der Waals surface area contributed by atoms with Gasteiger partial charge in [0.2, 0.25) is 0 Å². The molecular formula is C15H9BrF4O2. The van der Waals surface area contributed by atoms with E-state index in [1.165, 1.54) is 6.92 Å². The van der Waals surface area contributed by atoms with Crippen LogP contribution in [-0.4, -0.2) is 0 Å². The lowest BCUT2D eigenvalue weighted by Gasteiger charge is -2.24. The third-order valence-corrected chi connectivity index (χ3v) is 3.94. The molecule has 1 atom stereocenters. The van der Waals surface area contributed by atoms with Gasteiger partial charge in [0.15, 0.2) is 11.5 Å². The zero-order chi connectivity index (χ0) is 16.1. The number of para-hydroxylation sites is 1. The van der Waals surface area contributed by atoms with E-state index >= 15 is 0 Å².